The number of H-pyrrole nitrogens is 1. The number of nitrogens with zero attached hydrogens (tertiary/aromatic N) is 2. The van der Waals surface area contributed by atoms with Gasteiger partial charge in [-0.2, -0.15) is 0 Å². The molecule has 1 N–H and O–H groups in total. The summed E-state index contributed by atoms with van der Waals surface area (Å²) < 4.78 is 5.32. The van der Waals surface area contributed by atoms with E-state index in [2.05, 4.69) is 4.98 Å². The van der Waals surface area contributed by atoms with Crippen molar-refractivity contribution in [2.24, 2.45) is 0 Å². The first-order valence-electron chi connectivity index (χ1n) is 7.72. The van der Waals surface area contributed by atoms with Gasteiger partial charge in [0.25, 0.3) is 5.91 Å². The molecule has 1 saturated heterocycles. The molecule has 0 unspecified atom stereocenters. The van der Waals surface area contributed by atoms with Gasteiger partial charge >= 0.3 is 0 Å². The van der Waals surface area contributed by atoms with E-state index < -0.39 is 5.54 Å². The lowest BCUT2D eigenvalue weighted by molar-refractivity contribution is -0.164. The fraction of sp³-hybridized carbons (Fsp3) is 0.412. The standard InChI is InChI=1S/C17H19N3O3/c1-17-15-11(12-8-10(23-3)4-5-13(12)18-15)6-7-20(17)14(21)9-19(2)16(17)22/h4-5,8,18H,6-7,9H2,1-3H3/t17-/m0/s1. The van der Waals surface area contributed by atoms with Gasteiger partial charge in [0.05, 0.1) is 19.3 Å². The summed E-state index contributed by atoms with van der Waals surface area (Å²) in [7, 11) is 3.32. The van der Waals surface area contributed by atoms with E-state index in [0.717, 1.165) is 34.3 Å². The maximum Gasteiger partial charge on any atom is 0.254 e. The van der Waals surface area contributed by atoms with E-state index >= 15 is 0 Å². The van der Waals surface area contributed by atoms with Crippen LogP contribution in [-0.2, 0) is 21.5 Å². The number of amides is 2. The molecule has 2 aliphatic heterocycles. The van der Waals surface area contributed by atoms with Crippen LogP contribution in [0, 0.1) is 0 Å². The number of benzene rings is 1. The minimum atomic E-state index is -0.954. The normalized spacial score (nSPS) is 24.0. The van der Waals surface area contributed by atoms with Gasteiger partial charge in [0, 0.05) is 24.5 Å². The van der Waals surface area contributed by atoms with Crippen molar-refractivity contribution in [2.45, 2.75) is 18.9 Å². The molecule has 2 aliphatic rings. The zero-order valence-electron chi connectivity index (χ0n) is 13.5. The number of carbonyl (C=O) groups is 2. The smallest absolute Gasteiger partial charge is 0.254 e. The fourth-order valence-electron chi connectivity index (χ4n) is 3.94. The highest BCUT2D eigenvalue weighted by Gasteiger charge is 2.53. The molecule has 1 atom stereocenters. The summed E-state index contributed by atoms with van der Waals surface area (Å²) in [6.45, 7) is 2.55. The zero-order chi connectivity index (χ0) is 16.4. The molecule has 2 amide bonds. The minimum Gasteiger partial charge on any atom is -0.497 e. The number of rotatable bonds is 1. The number of piperazine rings is 1. The van der Waals surface area contributed by atoms with Crippen LogP contribution in [0.25, 0.3) is 10.9 Å². The Kier molecular flexibility index (Phi) is 2.76. The molecule has 23 heavy (non-hydrogen) atoms. The van der Waals surface area contributed by atoms with E-state index in [9.17, 15) is 9.59 Å². The SMILES string of the molecule is COc1ccc2[nH]c3c(c2c1)CCN1C(=O)CN(C)C(=O)[C@]31C. The highest BCUT2D eigenvalue weighted by molar-refractivity contribution is 6.00. The van der Waals surface area contributed by atoms with Crippen molar-refractivity contribution >= 4 is 22.7 Å². The molecule has 6 heteroatoms. The van der Waals surface area contributed by atoms with Crippen molar-refractivity contribution in [2.75, 3.05) is 27.2 Å². The quantitative estimate of drug-likeness (QED) is 0.862. The van der Waals surface area contributed by atoms with Crippen molar-refractivity contribution in [1.82, 2.24) is 14.8 Å². The summed E-state index contributed by atoms with van der Waals surface area (Å²) in [6.07, 6.45) is 0.737. The van der Waals surface area contributed by atoms with Crippen molar-refractivity contribution in [3.63, 3.8) is 0 Å². The molecule has 0 aliphatic carbocycles. The molecular weight excluding hydrogens is 294 g/mol. The second-order valence-corrected chi connectivity index (χ2v) is 6.42. The van der Waals surface area contributed by atoms with E-state index in [-0.39, 0.29) is 18.4 Å². The number of nitrogens with one attached hydrogen (secondary N) is 1. The van der Waals surface area contributed by atoms with Crippen LogP contribution in [-0.4, -0.2) is 53.8 Å². The lowest BCUT2D eigenvalue weighted by Crippen LogP contribution is -2.66. The van der Waals surface area contributed by atoms with Crippen LogP contribution >= 0.6 is 0 Å². The van der Waals surface area contributed by atoms with Gasteiger partial charge in [-0.05, 0) is 37.1 Å². The van der Waals surface area contributed by atoms with Gasteiger partial charge in [-0.3, -0.25) is 9.59 Å². The number of methoxy groups -OCH3 is 1. The molecular formula is C17H19N3O3. The average molecular weight is 313 g/mol. The molecule has 0 bridgehead atoms. The Hall–Kier alpha value is -2.50. The summed E-state index contributed by atoms with van der Waals surface area (Å²) in [6, 6.07) is 5.84. The number of hydrogen-bond acceptors (Lipinski definition) is 3. The molecule has 4 rings (SSSR count). The average Bonchev–Trinajstić information content (AvgIpc) is 2.92. The Morgan fingerprint density at radius 1 is 1.30 bits per heavy atom. The molecule has 1 aromatic carbocycles. The summed E-state index contributed by atoms with van der Waals surface area (Å²) in [5, 5.41) is 1.06. The minimum absolute atomic E-state index is 0.00325. The first-order valence-corrected chi connectivity index (χ1v) is 7.72. The highest BCUT2D eigenvalue weighted by Crippen LogP contribution is 2.42. The van der Waals surface area contributed by atoms with Crippen LogP contribution in [0.15, 0.2) is 18.2 Å². The molecule has 3 heterocycles. The topological polar surface area (TPSA) is 65.6 Å². The predicted molar refractivity (Wildman–Crippen MR) is 85.3 cm³/mol. The Labute approximate surface area is 134 Å². The van der Waals surface area contributed by atoms with Crippen LogP contribution in [0.1, 0.15) is 18.2 Å². The van der Waals surface area contributed by atoms with E-state index in [0.29, 0.717) is 6.54 Å². The second kappa shape index (κ2) is 4.50. The molecule has 6 nitrogen and oxygen atoms in total. The summed E-state index contributed by atoms with van der Waals surface area (Å²) >= 11 is 0. The van der Waals surface area contributed by atoms with Crippen molar-refractivity contribution in [1.29, 1.82) is 0 Å². The van der Waals surface area contributed by atoms with Crippen LogP contribution < -0.4 is 4.74 Å². The number of aromatic nitrogens is 1. The largest absolute Gasteiger partial charge is 0.497 e. The summed E-state index contributed by atoms with van der Waals surface area (Å²) in [4.78, 5) is 31.9. The molecule has 1 fully saturated rings. The number of hydrogen-bond donors (Lipinski definition) is 1. The second-order valence-electron chi connectivity index (χ2n) is 6.42. The number of aromatic amines is 1. The van der Waals surface area contributed by atoms with E-state index in [1.807, 2.05) is 25.1 Å². The third kappa shape index (κ3) is 1.69. The van der Waals surface area contributed by atoms with Crippen LogP contribution in [0.3, 0.4) is 0 Å². The monoisotopic (exact) mass is 313 g/mol. The number of carbonyl (C=O) groups excluding carboxylic acids is 2. The highest BCUT2D eigenvalue weighted by atomic mass is 16.5. The van der Waals surface area contributed by atoms with Crippen LogP contribution in [0.2, 0.25) is 0 Å². The van der Waals surface area contributed by atoms with Gasteiger partial charge < -0.3 is 19.5 Å². The predicted octanol–water partition coefficient (Wildman–Crippen LogP) is 1.25. The first kappa shape index (κ1) is 14.1. The Bertz CT molecular complexity index is 841. The Balaban J connectivity index is 1.97. The van der Waals surface area contributed by atoms with Gasteiger partial charge in [-0.1, -0.05) is 0 Å². The van der Waals surface area contributed by atoms with Crippen LogP contribution in [0.4, 0.5) is 0 Å². The molecule has 0 saturated carbocycles. The number of fused-ring (bicyclic) bond motifs is 5. The molecule has 2 aromatic rings. The van der Waals surface area contributed by atoms with Crippen molar-refractivity contribution in [3.8, 4) is 5.75 Å². The molecule has 0 radical (unpaired) electrons. The summed E-state index contributed by atoms with van der Waals surface area (Å²) in [5.74, 6) is 0.739. The first-order chi connectivity index (χ1) is 11.0. The Morgan fingerprint density at radius 3 is 2.83 bits per heavy atom. The van der Waals surface area contributed by atoms with Gasteiger partial charge in [-0.25, -0.2) is 0 Å². The van der Waals surface area contributed by atoms with Crippen LogP contribution in [0.5, 0.6) is 5.75 Å². The third-order valence-corrected chi connectivity index (χ3v) is 5.16. The van der Waals surface area contributed by atoms with Gasteiger partial charge in [0.1, 0.15) is 5.75 Å². The van der Waals surface area contributed by atoms with Gasteiger partial charge in [0.15, 0.2) is 5.54 Å². The van der Waals surface area contributed by atoms with Gasteiger partial charge in [-0.15, -0.1) is 0 Å². The maximum absolute atomic E-state index is 12.9. The van der Waals surface area contributed by atoms with E-state index in [1.165, 1.54) is 4.90 Å². The molecule has 1 aromatic heterocycles. The fourth-order valence-corrected chi connectivity index (χ4v) is 3.94. The van der Waals surface area contributed by atoms with Crippen molar-refractivity contribution < 1.29 is 14.3 Å². The lowest BCUT2D eigenvalue weighted by Gasteiger charge is -2.48. The van der Waals surface area contributed by atoms with E-state index in [4.69, 9.17) is 4.74 Å². The van der Waals surface area contributed by atoms with Crippen molar-refractivity contribution in [3.05, 3.63) is 29.5 Å². The third-order valence-electron chi connectivity index (χ3n) is 5.16. The maximum atomic E-state index is 12.9. The molecule has 120 valence electrons. The molecule has 0 spiro atoms. The Morgan fingerprint density at radius 2 is 2.09 bits per heavy atom. The van der Waals surface area contributed by atoms with E-state index in [1.54, 1.807) is 19.1 Å². The number of ether oxygens (including phenoxy) is 1. The number of likely N-dealkylation sites (N-methyl/N-ethyl adjacent to an activating group) is 1. The van der Waals surface area contributed by atoms with Gasteiger partial charge in [0.2, 0.25) is 5.91 Å². The zero-order valence-corrected chi connectivity index (χ0v) is 13.5. The lowest BCUT2D eigenvalue weighted by atomic mass is 9.83. The summed E-state index contributed by atoms with van der Waals surface area (Å²) in [5.41, 5.74) is 1.95.